The number of amides is 1. The number of aromatic nitrogens is 1. The topological polar surface area (TPSA) is 62.5 Å². The number of β-amino-alcohol motifs (C(OH)–C–C–N with tert-alkyl or cyclic N) is 1. The molecule has 1 aromatic heterocycles. The summed E-state index contributed by atoms with van der Waals surface area (Å²) in [4.78, 5) is 26.1. The van der Waals surface area contributed by atoms with E-state index in [0.29, 0.717) is 6.42 Å². The van der Waals surface area contributed by atoms with Crippen LogP contribution < -0.4 is 5.56 Å². The zero-order valence-electron chi connectivity index (χ0n) is 13.4. The molecule has 1 fully saturated rings. The number of halogens is 1. The summed E-state index contributed by atoms with van der Waals surface area (Å²) in [5.41, 5.74) is 1.38. The number of aliphatic hydroxyl groups excluding tert-OH is 1. The number of hydrogen-bond acceptors (Lipinski definition) is 3. The summed E-state index contributed by atoms with van der Waals surface area (Å²) in [5, 5.41) is 9.96. The lowest BCUT2D eigenvalue weighted by Gasteiger charge is -2.25. The Balaban J connectivity index is 1.81. The van der Waals surface area contributed by atoms with Gasteiger partial charge in [0.15, 0.2) is 0 Å². The molecule has 3 rings (SSSR count). The molecule has 126 valence electrons. The first kappa shape index (κ1) is 16.4. The van der Waals surface area contributed by atoms with E-state index in [2.05, 4.69) is 0 Å². The molecule has 0 aliphatic carbocycles. The second-order valence-electron chi connectivity index (χ2n) is 6.17. The van der Waals surface area contributed by atoms with Crippen molar-refractivity contribution in [2.24, 2.45) is 0 Å². The molecule has 0 saturated carbocycles. The van der Waals surface area contributed by atoms with Crippen LogP contribution in [0.3, 0.4) is 0 Å². The molecule has 1 N–H and O–H groups in total. The van der Waals surface area contributed by atoms with E-state index in [-0.39, 0.29) is 36.4 Å². The Labute approximate surface area is 139 Å². The Morgan fingerprint density at radius 2 is 2.00 bits per heavy atom. The highest BCUT2D eigenvalue weighted by Crippen LogP contribution is 2.32. The minimum absolute atomic E-state index is 0.0798. The minimum atomic E-state index is -0.626. The van der Waals surface area contributed by atoms with Gasteiger partial charge in [0, 0.05) is 18.8 Å². The first-order valence-corrected chi connectivity index (χ1v) is 7.84. The van der Waals surface area contributed by atoms with Crippen LogP contribution >= 0.6 is 0 Å². The third kappa shape index (κ3) is 3.38. The second-order valence-corrected chi connectivity index (χ2v) is 6.17. The van der Waals surface area contributed by atoms with Gasteiger partial charge in [-0.1, -0.05) is 12.1 Å². The van der Waals surface area contributed by atoms with Crippen molar-refractivity contribution >= 4 is 5.91 Å². The maximum atomic E-state index is 13.1. The van der Waals surface area contributed by atoms with Crippen molar-refractivity contribution in [3.63, 3.8) is 0 Å². The van der Waals surface area contributed by atoms with E-state index in [1.807, 2.05) is 6.92 Å². The van der Waals surface area contributed by atoms with Crippen LogP contribution in [-0.2, 0) is 11.3 Å². The Hall–Kier alpha value is -2.47. The van der Waals surface area contributed by atoms with Gasteiger partial charge in [0.1, 0.15) is 12.4 Å². The minimum Gasteiger partial charge on any atom is -0.391 e. The molecule has 1 aliphatic heterocycles. The van der Waals surface area contributed by atoms with Gasteiger partial charge in [-0.3, -0.25) is 9.59 Å². The van der Waals surface area contributed by atoms with E-state index in [0.717, 1.165) is 11.1 Å². The number of likely N-dealkylation sites (tertiary alicyclic amines) is 1. The standard InChI is InChI=1S/C18H19FN2O3/c1-12-6-7-20(17(23)8-12)11-18(24)21-10-15(22)9-16(21)13-2-4-14(19)5-3-13/h2-8,15-16,22H,9-11H2,1H3/t15-,16+/m0/s1. The molecule has 0 bridgehead atoms. The average Bonchev–Trinajstić information content (AvgIpc) is 2.93. The van der Waals surface area contributed by atoms with Crippen molar-refractivity contribution in [3.8, 4) is 0 Å². The number of rotatable bonds is 3. The number of aliphatic hydroxyl groups is 1. The lowest BCUT2D eigenvalue weighted by molar-refractivity contribution is -0.133. The van der Waals surface area contributed by atoms with Crippen LogP contribution in [0.2, 0.25) is 0 Å². The van der Waals surface area contributed by atoms with Gasteiger partial charge in [0.2, 0.25) is 5.91 Å². The fourth-order valence-corrected chi connectivity index (χ4v) is 3.06. The molecule has 2 atom stereocenters. The molecule has 1 amide bonds. The third-order valence-electron chi connectivity index (χ3n) is 4.31. The lowest BCUT2D eigenvalue weighted by atomic mass is 10.0. The first-order chi connectivity index (χ1) is 11.4. The highest BCUT2D eigenvalue weighted by atomic mass is 19.1. The number of pyridine rings is 1. The van der Waals surface area contributed by atoms with Crippen molar-refractivity contribution in [1.82, 2.24) is 9.47 Å². The predicted octanol–water partition coefficient (Wildman–Crippen LogP) is 1.63. The highest BCUT2D eigenvalue weighted by Gasteiger charge is 2.35. The zero-order chi connectivity index (χ0) is 17.3. The number of carbonyl (C=O) groups excluding carboxylic acids is 1. The van der Waals surface area contributed by atoms with Gasteiger partial charge < -0.3 is 14.6 Å². The van der Waals surface area contributed by atoms with E-state index < -0.39 is 6.10 Å². The molecule has 0 unspecified atom stereocenters. The van der Waals surface area contributed by atoms with Crippen molar-refractivity contribution in [2.45, 2.75) is 32.0 Å². The van der Waals surface area contributed by atoms with Crippen LogP contribution in [0.5, 0.6) is 0 Å². The van der Waals surface area contributed by atoms with E-state index >= 15 is 0 Å². The number of aryl methyl sites for hydroxylation is 1. The number of nitrogens with zero attached hydrogens (tertiary/aromatic N) is 2. The summed E-state index contributed by atoms with van der Waals surface area (Å²) < 4.78 is 14.5. The molecule has 1 saturated heterocycles. The van der Waals surface area contributed by atoms with Crippen LogP contribution in [0.4, 0.5) is 4.39 Å². The third-order valence-corrected chi connectivity index (χ3v) is 4.31. The van der Waals surface area contributed by atoms with E-state index in [1.165, 1.54) is 22.8 Å². The summed E-state index contributed by atoms with van der Waals surface area (Å²) in [6.45, 7) is 1.94. The first-order valence-electron chi connectivity index (χ1n) is 7.84. The maximum absolute atomic E-state index is 13.1. The van der Waals surface area contributed by atoms with Crippen LogP contribution in [0.1, 0.15) is 23.6 Å². The fourth-order valence-electron chi connectivity index (χ4n) is 3.06. The molecule has 24 heavy (non-hydrogen) atoms. The quantitative estimate of drug-likeness (QED) is 0.930. The van der Waals surface area contributed by atoms with E-state index in [4.69, 9.17) is 0 Å². The van der Waals surface area contributed by atoms with Crippen molar-refractivity contribution in [1.29, 1.82) is 0 Å². The molecule has 5 nitrogen and oxygen atoms in total. The van der Waals surface area contributed by atoms with E-state index in [9.17, 15) is 19.1 Å². The van der Waals surface area contributed by atoms with Crippen LogP contribution in [0.15, 0.2) is 47.4 Å². The van der Waals surface area contributed by atoms with Gasteiger partial charge >= 0.3 is 0 Å². The van der Waals surface area contributed by atoms with E-state index in [1.54, 1.807) is 29.3 Å². The van der Waals surface area contributed by atoms with Gasteiger partial charge in [-0.05, 0) is 42.7 Å². The highest BCUT2D eigenvalue weighted by molar-refractivity contribution is 5.77. The van der Waals surface area contributed by atoms with Crippen molar-refractivity contribution in [2.75, 3.05) is 6.54 Å². The van der Waals surface area contributed by atoms with Crippen LogP contribution in [0.25, 0.3) is 0 Å². The van der Waals surface area contributed by atoms with Crippen molar-refractivity contribution in [3.05, 3.63) is 69.9 Å². The average molecular weight is 330 g/mol. The van der Waals surface area contributed by atoms with Gasteiger partial charge in [0.25, 0.3) is 5.56 Å². The summed E-state index contributed by atoms with van der Waals surface area (Å²) in [5.74, 6) is -0.590. The fraction of sp³-hybridized carbons (Fsp3) is 0.333. The normalized spacial score (nSPS) is 20.4. The zero-order valence-corrected chi connectivity index (χ0v) is 13.4. The largest absolute Gasteiger partial charge is 0.391 e. The molecule has 0 spiro atoms. The van der Waals surface area contributed by atoms with Gasteiger partial charge in [-0.15, -0.1) is 0 Å². The molecule has 0 radical (unpaired) electrons. The van der Waals surface area contributed by atoms with Gasteiger partial charge in [-0.2, -0.15) is 0 Å². The van der Waals surface area contributed by atoms with Crippen molar-refractivity contribution < 1.29 is 14.3 Å². The smallest absolute Gasteiger partial charge is 0.251 e. The summed E-state index contributed by atoms with van der Waals surface area (Å²) in [6, 6.07) is 8.86. The Morgan fingerprint density at radius 3 is 2.67 bits per heavy atom. The lowest BCUT2D eigenvalue weighted by Crippen LogP contribution is -2.36. The number of hydrogen-bond donors (Lipinski definition) is 1. The molecule has 1 aromatic carbocycles. The van der Waals surface area contributed by atoms with Gasteiger partial charge in [-0.25, -0.2) is 4.39 Å². The summed E-state index contributed by atoms with van der Waals surface area (Å²) in [6.07, 6.45) is 1.37. The molecule has 6 heteroatoms. The summed E-state index contributed by atoms with van der Waals surface area (Å²) >= 11 is 0. The molecule has 2 heterocycles. The Bertz CT molecular complexity index is 801. The molecular formula is C18H19FN2O3. The Kier molecular flexibility index (Phi) is 4.49. The Morgan fingerprint density at radius 1 is 1.29 bits per heavy atom. The number of carbonyl (C=O) groups is 1. The number of benzene rings is 1. The van der Waals surface area contributed by atoms with Gasteiger partial charge in [0.05, 0.1) is 12.1 Å². The molecular weight excluding hydrogens is 311 g/mol. The SMILES string of the molecule is Cc1ccn(CC(=O)N2C[C@@H](O)C[C@@H]2c2ccc(F)cc2)c(=O)c1. The predicted molar refractivity (Wildman–Crippen MR) is 86.9 cm³/mol. The van der Waals surface area contributed by atoms with Crippen LogP contribution in [0, 0.1) is 12.7 Å². The monoisotopic (exact) mass is 330 g/mol. The molecule has 1 aliphatic rings. The maximum Gasteiger partial charge on any atom is 0.251 e. The summed E-state index contributed by atoms with van der Waals surface area (Å²) in [7, 11) is 0. The second kappa shape index (κ2) is 6.57. The molecule has 2 aromatic rings. The van der Waals surface area contributed by atoms with Crippen LogP contribution in [-0.4, -0.2) is 33.1 Å².